The predicted molar refractivity (Wildman–Crippen MR) is 132 cm³/mol. The van der Waals surface area contributed by atoms with Gasteiger partial charge in [-0.1, -0.05) is 53.4 Å². The number of carboxylic acid groups (broad SMARTS) is 1. The fraction of sp³-hybridized carbons (Fsp3) is 0.333. The molecule has 34 heavy (non-hydrogen) atoms. The highest BCUT2D eigenvalue weighted by Gasteiger charge is 2.54. The summed E-state index contributed by atoms with van der Waals surface area (Å²) in [6.07, 6.45) is 0.424. The summed E-state index contributed by atoms with van der Waals surface area (Å²) < 4.78 is 0.744. The summed E-state index contributed by atoms with van der Waals surface area (Å²) in [5.41, 5.74) is 7.52. The maximum absolute atomic E-state index is 12.8. The number of hydrogen-bond donors (Lipinski definition) is 3. The molecule has 2 amide bonds. The lowest BCUT2D eigenvalue weighted by Gasteiger charge is -2.49. The topological polar surface area (TPSA) is 151 Å². The van der Waals surface area contributed by atoms with Gasteiger partial charge in [-0.25, -0.2) is 4.79 Å². The number of carboxylic acids is 1. The molecule has 2 atom stereocenters. The smallest absolute Gasteiger partial charge is 0.352 e. The minimum absolute atomic E-state index is 0.0156. The monoisotopic (exact) mass is 518 g/mol. The highest BCUT2D eigenvalue weighted by atomic mass is 32.2. The van der Waals surface area contributed by atoms with Crippen LogP contribution in [0.25, 0.3) is 0 Å². The molecule has 1 fully saturated rings. The van der Waals surface area contributed by atoms with Crippen LogP contribution in [0.2, 0.25) is 0 Å². The Morgan fingerprint density at radius 3 is 2.76 bits per heavy atom. The molecule has 13 heteroatoms. The lowest BCUT2D eigenvalue weighted by Crippen LogP contribution is -2.70. The lowest BCUT2D eigenvalue weighted by atomic mass is 10.0. The Morgan fingerprint density at radius 1 is 1.32 bits per heavy atom. The van der Waals surface area contributed by atoms with Gasteiger partial charge in [0.25, 0.3) is 5.91 Å². The number of nitrogens with two attached hydrogens (primary N) is 1. The number of rotatable bonds is 9. The Kier molecular flexibility index (Phi) is 7.54. The van der Waals surface area contributed by atoms with Gasteiger partial charge in [-0.05, 0) is 18.1 Å². The SMILES string of the molecule is Cc1nnc(SCC2=C(C(=O)O)N3C(=O)C(NC(=O)CN=C(N)Cc4ccccc4)[C@H]3SC2)s1. The van der Waals surface area contributed by atoms with Crippen molar-refractivity contribution in [3.05, 3.63) is 52.2 Å². The van der Waals surface area contributed by atoms with Gasteiger partial charge < -0.3 is 16.2 Å². The minimum Gasteiger partial charge on any atom is -0.477 e. The second-order valence-electron chi connectivity index (χ2n) is 7.56. The third-order valence-corrected chi connectivity index (χ3v) is 8.50. The van der Waals surface area contributed by atoms with Crippen LogP contribution < -0.4 is 11.1 Å². The molecule has 0 bridgehead atoms. The number of thioether (sulfide) groups is 2. The van der Waals surface area contributed by atoms with Crippen molar-refractivity contribution in [3.8, 4) is 0 Å². The zero-order valence-corrected chi connectivity index (χ0v) is 20.6. The standard InChI is InChI=1S/C21H22N6O4S3/c1-11-25-26-21(34-11)33-10-13-9-32-19-16(18(29)27(19)17(13)20(30)31)24-15(28)8-23-14(22)7-12-5-3-2-4-6-12/h2-6,16,19H,7-10H2,1H3,(H2,22,23)(H,24,28)(H,30,31)/t16?,19-/m1/s1. The fourth-order valence-corrected chi connectivity index (χ4v) is 6.83. The molecule has 10 nitrogen and oxygen atoms in total. The number of nitrogens with one attached hydrogen (secondary N) is 1. The van der Waals surface area contributed by atoms with Crippen molar-refractivity contribution in [1.29, 1.82) is 0 Å². The first kappa shape index (κ1) is 24.2. The molecule has 0 spiro atoms. The maximum Gasteiger partial charge on any atom is 0.352 e. The van der Waals surface area contributed by atoms with Crippen molar-refractivity contribution < 1.29 is 19.5 Å². The van der Waals surface area contributed by atoms with Crippen molar-refractivity contribution in [3.63, 3.8) is 0 Å². The quantitative estimate of drug-likeness (QED) is 0.193. The van der Waals surface area contributed by atoms with Crippen LogP contribution in [0.5, 0.6) is 0 Å². The number of amidine groups is 1. The number of amides is 2. The van der Waals surface area contributed by atoms with Gasteiger partial charge in [0.1, 0.15) is 28.7 Å². The molecule has 0 aliphatic carbocycles. The Labute approximate surface area is 208 Å². The van der Waals surface area contributed by atoms with Gasteiger partial charge in [0.15, 0.2) is 4.34 Å². The van der Waals surface area contributed by atoms with Crippen molar-refractivity contribution in [1.82, 2.24) is 20.4 Å². The van der Waals surface area contributed by atoms with Crippen molar-refractivity contribution in [2.75, 3.05) is 18.1 Å². The number of aliphatic carboxylic acids is 1. The van der Waals surface area contributed by atoms with Gasteiger partial charge in [-0.2, -0.15) is 0 Å². The third kappa shape index (κ3) is 5.42. The molecule has 1 aromatic heterocycles. The maximum atomic E-state index is 12.8. The zero-order chi connectivity index (χ0) is 24.2. The Hall–Kier alpha value is -2.90. The van der Waals surface area contributed by atoms with Gasteiger partial charge in [0.05, 0.1) is 5.84 Å². The summed E-state index contributed by atoms with van der Waals surface area (Å²) in [7, 11) is 0. The molecule has 2 aliphatic heterocycles. The van der Waals surface area contributed by atoms with Crippen molar-refractivity contribution >= 4 is 58.5 Å². The van der Waals surface area contributed by atoms with E-state index >= 15 is 0 Å². The number of carbonyl (C=O) groups excluding carboxylic acids is 2. The number of β-lactam (4-membered cyclic amide) rings is 1. The molecule has 2 aromatic rings. The average molecular weight is 519 g/mol. The van der Waals surface area contributed by atoms with Crippen LogP contribution in [0.3, 0.4) is 0 Å². The van der Waals surface area contributed by atoms with E-state index in [4.69, 9.17) is 5.73 Å². The number of aromatic nitrogens is 2. The first-order valence-electron chi connectivity index (χ1n) is 10.3. The van der Waals surface area contributed by atoms with E-state index in [0.717, 1.165) is 14.9 Å². The number of nitrogens with zero attached hydrogens (tertiary/aromatic N) is 4. The summed E-state index contributed by atoms with van der Waals surface area (Å²) in [5.74, 6) is -0.895. The molecule has 0 saturated carbocycles. The van der Waals surface area contributed by atoms with E-state index in [1.54, 1.807) is 0 Å². The molecule has 178 valence electrons. The highest BCUT2D eigenvalue weighted by Crippen LogP contribution is 2.41. The van der Waals surface area contributed by atoms with Crippen LogP contribution in [0.4, 0.5) is 0 Å². The number of carbonyl (C=O) groups is 3. The Bertz CT molecular complexity index is 1170. The second-order valence-corrected chi connectivity index (χ2v) is 11.1. The minimum atomic E-state index is -1.16. The molecule has 1 saturated heterocycles. The Balaban J connectivity index is 1.35. The molecule has 4 rings (SSSR count). The van der Waals surface area contributed by atoms with Gasteiger partial charge in [-0.15, -0.1) is 22.0 Å². The van der Waals surface area contributed by atoms with Crippen molar-refractivity contribution in [2.24, 2.45) is 10.7 Å². The van der Waals surface area contributed by atoms with E-state index < -0.39 is 29.2 Å². The molecule has 2 aliphatic rings. The van der Waals surface area contributed by atoms with Gasteiger partial charge in [0.2, 0.25) is 5.91 Å². The van der Waals surface area contributed by atoms with E-state index in [1.807, 2.05) is 37.3 Å². The number of aliphatic imine (C=N–C) groups is 1. The van der Waals surface area contributed by atoms with Crippen LogP contribution in [0.1, 0.15) is 10.6 Å². The number of benzene rings is 1. The molecule has 3 heterocycles. The highest BCUT2D eigenvalue weighted by molar-refractivity contribution is 8.01. The second kappa shape index (κ2) is 10.6. The van der Waals surface area contributed by atoms with Crippen LogP contribution >= 0.6 is 34.9 Å². The van der Waals surface area contributed by atoms with E-state index in [2.05, 4.69) is 20.5 Å². The summed E-state index contributed by atoms with van der Waals surface area (Å²) in [5, 5.41) is 20.8. The van der Waals surface area contributed by atoms with Crippen LogP contribution in [0, 0.1) is 6.92 Å². The third-order valence-electron chi connectivity index (χ3n) is 5.10. The molecular weight excluding hydrogens is 496 g/mol. The molecule has 0 radical (unpaired) electrons. The number of fused-ring (bicyclic) bond motifs is 1. The van der Waals surface area contributed by atoms with Gasteiger partial charge in [-0.3, -0.25) is 19.5 Å². The van der Waals surface area contributed by atoms with Gasteiger partial charge in [0, 0.05) is 17.9 Å². The number of hydrogen-bond acceptors (Lipinski definition) is 9. The normalized spacial score (nSPS) is 20.1. The largest absolute Gasteiger partial charge is 0.477 e. The summed E-state index contributed by atoms with van der Waals surface area (Å²) in [6, 6.07) is 8.73. The lowest BCUT2D eigenvalue weighted by molar-refractivity contribution is -0.150. The van der Waals surface area contributed by atoms with E-state index in [0.29, 0.717) is 29.3 Å². The molecule has 1 aromatic carbocycles. The molecular formula is C21H22N6O4S3. The molecule has 1 unspecified atom stereocenters. The predicted octanol–water partition coefficient (Wildman–Crippen LogP) is 1.28. The first-order valence-corrected chi connectivity index (χ1v) is 13.1. The molecule has 4 N–H and O–H groups in total. The average Bonchev–Trinajstić information content (AvgIpc) is 3.24. The first-order chi connectivity index (χ1) is 16.3. The van der Waals surface area contributed by atoms with Gasteiger partial charge >= 0.3 is 5.97 Å². The summed E-state index contributed by atoms with van der Waals surface area (Å²) in [4.78, 5) is 42.5. The Morgan fingerprint density at radius 2 is 2.09 bits per heavy atom. The zero-order valence-electron chi connectivity index (χ0n) is 18.1. The van der Waals surface area contributed by atoms with Crippen LogP contribution in [-0.4, -0.2) is 73.3 Å². The van der Waals surface area contributed by atoms with Crippen LogP contribution in [-0.2, 0) is 20.8 Å². The van der Waals surface area contributed by atoms with E-state index in [9.17, 15) is 19.5 Å². The summed E-state index contributed by atoms with van der Waals surface area (Å²) in [6.45, 7) is 1.64. The number of aryl methyl sites for hydroxylation is 1. The van der Waals surface area contributed by atoms with Crippen LogP contribution in [0.15, 0.2) is 50.9 Å². The fourth-order valence-electron chi connectivity index (χ4n) is 3.53. The summed E-state index contributed by atoms with van der Waals surface area (Å²) >= 11 is 4.25. The van der Waals surface area contributed by atoms with E-state index in [-0.39, 0.29) is 12.2 Å². The van der Waals surface area contributed by atoms with Crippen molar-refractivity contribution in [2.45, 2.75) is 29.1 Å². The van der Waals surface area contributed by atoms with E-state index in [1.165, 1.54) is 39.8 Å².